The number of fused-ring (bicyclic) bond motifs is 1. The second-order valence-corrected chi connectivity index (χ2v) is 5.54. The fourth-order valence-electron chi connectivity index (χ4n) is 2.54. The Hall–Kier alpha value is -1.58. The van der Waals surface area contributed by atoms with Gasteiger partial charge in [-0.3, -0.25) is 4.79 Å². The number of carbonyl (C=O) groups excluding carboxylic acids is 1. The van der Waals surface area contributed by atoms with Crippen molar-refractivity contribution in [2.45, 2.75) is 18.9 Å². The van der Waals surface area contributed by atoms with E-state index in [2.05, 4.69) is 22.4 Å². The second kappa shape index (κ2) is 5.43. The first-order valence-corrected chi connectivity index (χ1v) is 7.11. The summed E-state index contributed by atoms with van der Waals surface area (Å²) in [6.07, 6.45) is 1.90. The number of aryl methyl sites for hydroxylation is 1. The van der Waals surface area contributed by atoms with E-state index in [9.17, 15) is 4.79 Å². The lowest BCUT2D eigenvalue weighted by molar-refractivity contribution is 0.0936. The van der Waals surface area contributed by atoms with Gasteiger partial charge in [-0.05, 0) is 36.1 Å². The van der Waals surface area contributed by atoms with Crippen molar-refractivity contribution in [1.29, 1.82) is 0 Å². The maximum Gasteiger partial charge on any atom is 0.251 e. The van der Waals surface area contributed by atoms with Gasteiger partial charge in [-0.2, -0.15) is 0 Å². The number of pyridine rings is 1. The van der Waals surface area contributed by atoms with Gasteiger partial charge in [0.05, 0.1) is 6.04 Å². The van der Waals surface area contributed by atoms with Crippen molar-refractivity contribution in [3.05, 3.63) is 63.4 Å². The van der Waals surface area contributed by atoms with Crippen LogP contribution in [0.5, 0.6) is 0 Å². The van der Waals surface area contributed by atoms with E-state index in [0.29, 0.717) is 5.56 Å². The van der Waals surface area contributed by atoms with Crippen LogP contribution in [-0.4, -0.2) is 10.9 Å². The van der Waals surface area contributed by atoms with Crippen LogP contribution in [0.25, 0.3) is 0 Å². The highest BCUT2D eigenvalue weighted by atomic mass is 35.5. The quantitative estimate of drug-likeness (QED) is 0.857. The van der Waals surface area contributed by atoms with Gasteiger partial charge in [-0.25, -0.2) is 4.98 Å². The minimum atomic E-state index is -0.182. The number of benzene rings is 1. The molecule has 0 bridgehead atoms. The first kappa shape index (κ1) is 13.4. The zero-order valence-corrected chi connectivity index (χ0v) is 12.1. The van der Waals surface area contributed by atoms with Crippen LogP contribution in [0.4, 0.5) is 0 Å². The van der Waals surface area contributed by atoms with E-state index in [-0.39, 0.29) is 22.3 Å². The lowest BCUT2D eigenvalue weighted by Crippen LogP contribution is -2.27. The van der Waals surface area contributed by atoms with Crippen LogP contribution in [0.3, 0.4) is 0 Å². The van der Waals surface area contributed by atoms with Gasteiger partial charge in [-0.15, -0.1) is 0 Å². The summed E-state index contributed by atoms with van der Waals surface area (Å²) in [4.78, 5) is 16.1. The molecule has 0 saturated heterocycles. The van der Waals surface area contributed by atoms with Crippen molar-refractivity contribution >= 4 is 29.1 Å². The molecule has 0 spiro atoms. The van der Waals surface area contributed by atoms with E-state index in [1.165, 1.54) is 23.3 Å². The topological polar surface area (TPSA) is 42.0 Å². The Morgan fingerprint density at radius 2 is 1.90 bits per heavy atom. The Kier molecular flexibility index (Phi) is 3.64. The molecule has 1 N–H and O–H groups in total. The minimum absolute atomic E-state index is 0.0458. The Morgan fingerprint density at radius 3 is 2.65 bits per heavy atom. The Labute approximate surface area is 126 Å². The largest absolute Gasteiger partial charge is 0.345 e. The number of halogens is 2. The maximum atomic E-state index is 12.3. The van der Waals surface area contributed by atoms with Crippen molar-refractivity contribution in [1.82, 2.24) is 10.3 Å². The normalized spacial score (nSPS) is 16.8. The second-order valence-electron chi connectivity index (χ2n) is 4.76. The smallest absolute Gasteiger partial charge is 0.251 e. The molecular formula is C15H12Cl2N2O. The average molecular weight is 307 g/mol. The molecule has 1 atom stereocenters. The third-order valence-corrected chi connectivity index (χ3v) is 3.85. The molecule has 1 aromatic carbocycles. The van der Waals surface area contributed by atoms with Crippen LogP contribution in [0, 0.1) is 0 Å². The molecule has 3 nitrogen and oxygen atoms in total. The molecule has 3 rings (SSSR count). The van der Waals surface area contributed by atoms with Crippen LogP contribution >= 0.6 is 23.2 Å². The zero-order chi connectivity index (χ0) is 14.1. The molecule has 2 aromatic rings. The number of amides is 1. The van der Waals surface area contributed by atoms with Crippen LogP contribution in [0.2, 0.25) is 10.3 Å². The molecule has 1 aromatic heterocycles. The number of hydrogen-bond acceptors (Lipinski definition) is 2. The predicted octanol–water partition coefficient (Wildman–Crippen LogP) is 3.81. The number of nitrogens with zero attached hydrogens (tertiary/aromatic N) is 1. The molecule has 1 heterocycles. The molecule has 5 heteroatoms. The van der Waals surface area contributed by atoms with Gasteiger partial charge < -0.3 is 5.32 Å². The zero-order valence-electron chi connectivity index (χ0n) is 10.6. The lowest BCUT2D eigenvalue weighted by Gasteiger charge is -2.14. The summed E-state index contributed by atoms with van der Waals surface area (Å²) >= 11 is 11.6. The van der Waals surface area contributed by atoms with Gasteiger partial charge in [0.2, 0.25) is 0 Å². The van der Waals surface area contributed by atoms with E-state index in [1.54, 1.807) is 0 Å². The maximum absolute atomic E-state index is 12.3. The van der Waals surface area contributed by atoms with Crippen molar-refractivity contribution in [3.8, 4) is 0 Å². The summed E-state index contributed by atoms with van der Waals surface area (Å²) in [7, 11) is 0. The van der Waals surface area contributed by atoms with Gasteiger partial charge >= 0.3 is 0 Å². The number of hydrogen-bond donors (Lipinski definition) is 1. The SMILES string of the molecule is O=C(NC1CCc2ccccc21)c1cc(Cl)nc(Cl)c1. The number of carbonyl (C=O) groups is 1. The van der Waals surface area contributed by atoms with Crippen LogP contribution in [0.15, 0.2) is 36.4 Å². The molecule has 0 aliphatic heterocycles. The van der Waals surface area contributed by atoms with Gasteiger partial charge in [-0.1, -0.05) is 47.5 Å². The van der Waals surface area contributed by atoms with Crippen molar-refractivity contribution in [2.24, 2.45) is 0 Å². The summed E-state index contributed by atoms with van der Waals surface area (Å²) in [6, 6.07) is 11.2. The van der Waals surface area contributed by atoms with Gasteiger partial charge in [0.15, 0.2) is 0 Å². The highest BCUT2D eigenvalue weighted by Crippen LogP contribution is 2.31. The highest BCUT2D eigenvalue weighted by molar-refractivity contribution is 6.33. The number of aromatic nitrogens is 1. The summed E-state index contributed by atoms with van der Waals surface area (Å²) in [5.41, 5.74) is 2.91. The molecule has 102 valence electrons. The van der Waals surface area contributed by atoms with Crippen molar-refractivity contribution in [3.63, 3.8) is 0 Å². The molecule has 0 radical (unpaired) electrons. The fourth-order valence-corrected chi connectivity index (χ4v) is 3.01. The molecule has 0 fully saturated rings. The molecule has 0 saturated carbocycles. The van der Waals surface area contributed by atoms with E-state index >= 15 is 0 Å². The van der Waals surface area contributed by atoms with Gasteiger partial charge in [0.25, 0.3) is 5.91 Å². The summed E-state index contributed by atoms with van der Waals surface area (Å²) < 4.78 is 0. The fraction of sp³-hybridized carbons (Fsp3) is 0.200. The first-order valence-electron chi connectivity index (χ1n) is 6.35. The number of rotatable bonds is 2. The highest BCUT2D eigenvalue weighted by Gasteiger charge is 2.24. The Bertz CT molecular complexity index is 652. The van der Waals surface area contributed by atoms with Crippen LogP contribution in [-0.2, 0) is 6.42 Å². The van der Waals surface area contributed by atoms with Crippen molar-refractivity contribution < 1.29 is 4.79 Å². The molecule has 1 amide bonds. The minimum Gasteiger partial charge on any atom is -0.345 e. The standard InChI is InChI=1S/C15H12Cl2N2O/c16-13-7-10(8-14(17)19-13)15(20)18-12-6-5-9-3-1-2-4-11(9)12/h1-4,7-8,12H,5-6H2,(H,18,20). The first-order chi connectivity index (χ1) is 9.63. The Balaban J connectivity index is 1.80. The van der Waals surface area contributed by atoms with Crippen molar-refractivity contribution in [2.75, 3.05) is 0 Å². The van der Waals surface area contributed by atoms with E-state index < -0.39 is 0 Å². The third kappa shape index (κ3) is 2.65. The summed E-state index contributed by atoms with van der Waals surface area (Å²) in [5, 5.41) is 3.46. The average Bonchev–Trinajstić information content (AvgIpc) is 2.81. The molecule has 20 heavy (non-hydrogen) atoms. The molecular weight excluding hydrogens is 295 g/mol. The monoisotopic (exact) mass is 306 g/mol. The molecule has 1 aliphatic rings. The Morgan fingerprint density at radius 1 is 1.20 bits per heavy atom. The lowest BCUT2D eigenvalue weighted by atomic mass is 10.1. The number of nitrogens with one attached hydrogen (secondary N) is 1. The van der Waals surface area contributed by atoms with E-state index in [4.69, 9.17) is 23.2 Å². The van der Waals surface area contributed by atoms with Crippen LogP contribution in [0.1, 0.15) is 33.9 Å². The molecule has 1 unspecified atom stereocenters. The predicted molar refractivity (Wildman–Crippen MR) is 79.2 cm³/mol. The van der Waals surface area contributed by atoms with Crippen LogP contribution < -0.4 is 5.32 Å². The van der Waals surface area contributed by atoms with E-state index in [0.717, 1.165) is 12.8 Å². The van der Waals surface area contributed by atoms with E-state index in [1.807, 2.05) is 12.1 Å². The molecule has 1 aliphatic carbocycles. The third-order valence-electron chi connectivity index (χ3n) is 3.46. The van der Waals surface area contributed by atoms with Gasteiger partial charge in [0, 0.05) is 5.56 Å². The van der Waals surface area contributed by atoms with Gasteiger partial charge in [0.1, 0.15) is 10.3 Å². The summed E-state index contributed by atoms with van der Waals surface area (Å²) in [6.45, 7) is 0. The summed E-state index contributed by atoms with van der Waals surface area (Å²) in [5.74, 6) is -0.182.